The van der Waals surface area contributed by atoms with Gasteiger partial charge in [-0.25, -0.2) is 9.78 Å². The smallest absolute Gasteiger partial charge is 0.325 e. The number of fused-ring (bicyclic) bond motifs is 2. The van der Waals surface area contributed by atoms with Crippen LogP contribution in [0.15, 0.2) is 36.4 Å². The number of urea groups is 1. The number of nitrogens with one attached hydrogen (secondary N) is 1. The van der Waals surface area contributed by atoms with Crippen LogP contribution in [0.25, 0.3) is 10.2 Å². The van der Waals surface area contributed by atoms with Gasteiger partial charge in [0.1, 0.15) is 19.8 Å². The predicted octanol–water partition coefficient (Wildman–Crippen LogP) is 3.26. The Morgan fingerprint density at radius 2 is 1.97 bits per heavy atom. The summed E-state index contributed by atoms with van der Waals surface area (Å²) >= 11 is 1.43. The number of ether oxygens (including phenoxy) is 2. The number of benzene rings is 2. The van der Waals surface area contributed by atoms with Gasteiger partial charge in [-0.1, -0.05) is 17.4 Å². The van der Waals surface area contributed by atoms with Crippen LogP contribution >= 0.6 is 11.3 Å². The molecule has 5 rings (SSSR count). The molecule has 30 heavy (non-hydrogen) atoms. The summed E-state index contributed by atoms with van der Waals surface area (Å²) in [5.41, 5.74) is 2.72. The molecule has 154 valence electrons. The van der Waals surface area contributed by atoms with Gasteiger partial charge in [-0.05, 0) is 36.8 Å². The average Bonchev–Trinajstić information content (AvgIpc) is 3.30. The van der Waals surface area contributed by atoms with Gasteiger partial charge in [-0.15, -0.1) is 0 Å². The van der Waals surface area contributed by atoms with Crippen LogP contribution in [0.5, 0.6) is 11.5 Å². The maximum atomic E-state index is 12.8. The van der Waals surface area contributed by atoms with E-state index in [1.807, 2.05) is 31.2 Å². The number of nitrogens with zero attached hydrogens (tertiary/aromatic N) is 3. The highest BCUT2D eigenvalue weighted by molar-refractivity contribution is 7.22. The van der Waals surface area contributed by atoms with Crippen molar-refractivity contribution in [2.24, 2.45) is 0 Å². The highest BCUT2D eigenvalue weighted by atomic mass is 32.1. The van der Waals surface area contributed by atoms with Crippen LogP contribution in [-0.2, 0) is 4.79 Å². The lowest BCUT2D eigenvalue weighted by molar-refractivity contribution is -0.116. The highest BCUT2D eigenvalue weighted by Crippen LogP contribution is 2.35. The minimum atomic E-state index is -0.261. The van der Waals surface area contributed by atoms with Crippen molar-refractivity contribution in [3.63, 3.8) is 0 Å². The van der Waals surface area contributed by atoms with E-state index in [1.54, 1.807) is 17.0 Å². The van der Waals surface area contributed by atoms with E-state index in [4.69, 9.17) is 9.47 Å². The van der Waals surface area contributed by atoms with Gasteiger partial charge in [-0.3, -0.25) is 9.69 Å². The number of hydrogen-bond acceptors (Lipinski definition) is 6. The summed E-state index contributed by atoms with van der Waals surface area (Å²) in [6.45, 7) is 3.98. The van der Waals surface area contributed by atoms with Crippen molar-refractivity contribution in [1.82, 2.24) is 9.88 Å². The Hall–Kier alpha value is -3.33. The number of anilines is 2. The Morgan fingerprint density at radius 3 is 2.83 bits per heavy atom. The van der Waals surface area contributed by atoms with Gasteiger partial charge in [0.05, 0.1) is 10.2 Å². The monoisotopic (exact) mass is 424 g/mol. The summed E-state index contributed by atoms with van der Waals surface area (Å²) in [7, 11) is 0. The first kappa shape index (κ1) is 18.7. The quantitative estimate of drug-likeness (QED) is 0.695. The molecule has 1 N–H and O–H groups in total. The molecule has 3 aromatic rings. The fraction of sp³-hybridized carbons (Fsp3) is 0.286. The number of carbonyl (C=O) groups is 2. The molecule has 8 nitrogen and oxygen atoms in total. The van der Waals surface area contributed by atoms with Gasteiger partial charge in [-0.2, -0.15) is 0 Å². The van der Waals surface area contributed by atoms with Gasteiger partial charge < -0.3 is 19.7 Å². The van der Waals surface area contributed by atoms with E-state index in [0.29, 0.717) is 42.9 Å². The first-order chi connectivity index (χ1) is 14.6. The number of rotatable bonds is 4. The molecule has 2 aliphatic rings. The lowest BCUT2D eigenvalue weighted by Crippen LogP contribution is -2.37. The first-order valence-electron chi connectivity index (χ1n) is 9.70. The summed E-state index contributed by atoms with van der Waals surface area (Å²) in [5.74, 6) is 1.05. The molecule has 0 saturated carbocycles. The topological polar surface area (TPSA) is 84.0 Å². The Kier molecular flexibility index (Phi) is 4.66. The SMILES string of the molecule is Cc1ccc2nc(NC(=O)CN3CCN(c4ccc5c(c4)OCCO5)C3=O)sc2c1. The zero-order valence-corrected chi connectivity index (χ0v) is 17.2. The molecule has 0 atom stereocenters. The highest BCUT2D eigenvalue weighted by Gasteiger charge is 2.31. The zero-order valence-electron chi connectivity index (χ0n) is 16.4. The fourth-order valence-corrected chi connectivity index (χ4v) is 4.57. The van der Waals surface area contributed by atoms with Gasteiger partial charge in [0.15, 0.2) is 16.6 Å². The second kappa shape index (κ2) is 7.49. The second-order valence-electron chi connectivity index (χ2n) is 7.22. The van der Waals surface area contributed by atoms with Gasteiger partial charge in [0, 0.05) is 24.8 Å². The van der Waals surface area contributed by atoms with Crippen LogP contribution in [0, 0.1) is 6.92 Å². The van der Waals surface area contributed by atoms with E-state index in [2.05, 4.69) is 10.3 Å². The van der Waals surface area contributed by atoms with Crippen molar-refractivity contribution in [2.75, 3.05) is 43.1 Å². The van der Waals surface area contributed by atoms with Crippen LogP contribution in [0.4, 0.5) is 15.6 Å². The third-order valence-electron chi connectivity index (χ3n) is 5.06. The number of hydrogen-bond donors (Lipinski definition) is 1. The maximum absolute atomic E-state index is 12.8. The van der Waals surface area contributed by atoms with E-state index in [9.17, 15) is 9.59 Å². The number of amides is 3. The van der Waals surface area contributed by atoms with E-state index < -0.39 is 0 Å². The third-order valence-corrected chi connectivity index (χ3v) is 5.99. The van der Waals surface area contributed by atoms with Crippen LogP contribution in [0.3, 0.4) is 0 Å². The molecule has 9 heteroatoms. The molecule has 1 fully saturated rings. The summed E-state index contributed by atoms with van der Waals surface area (Å²) in [6, 6.07) is 11.2. The molecule has 0 unspecified atom stereocenters. The Bertz CT molecular complexity index is 1150. The van der Waals surface area contributed by atoms with Gasteiger partial charge in [0.25, 0.3) is 0 Å². The largest absolute Gasteiger partial charge is 0.486 e. The molecular formula is C21H20N4O4S. The van der Waals surface area contributed by atoms with Gasteiger partial charge >= 0.3 is 6.03 Å². The fourth-order valence-electron chi connectivity index (χ4n) is 3.59. The Balaban J connectivity index is 1.24. The third kappa shape index (κ3) is 3.52. The van der Waals surface area contributed by atoms with E-state index in [0.717, 1.165) is 21.5 Å². The molecule has 0 aliphatic carbocycles. The summed E-state index contributed by atoms with van der Waals surface area (Å²) < 4.78 is 12.2. The Morgan fingerprint density at radius 1 is 1.13 bits per heavy atom. The molecule has 1 saturated heterocycles. The normalized spacial score (nSPS) is 15.7. The molecule has 0 spiro atoms. The molecule has 3 heterocycles. The molecule has 0 radical (unpaired) electrons. The van der Waals surface area contributed by atoms with Gasteiger partial charge in [0.2, 0.25) is 5.91 Å². The number of carbonyl (C=O) groups excluding carboxylic acids is 2. The molecule has 2 aromatic carbocycles. The Labute approximate surface area is 177 Å². The van der Waals surface area contributed by atoms with E-state index in [1.165, 1.54) is 16.2 Å². The molecule has 3 amide bonds. The standard InChI is InChI=1S/C21H20N4O4S/c1-13-2-4-15-18(10-13)30-20(22-15)23-19(26)12-24-6-7-25(21(24)27)14-3-5-16-17(11-14)29-9-8-28-16/h2-5,10-11H,6-9,12H2,1H3,(H,22,23,26). The van der Waals surface area contributed by atoms with Crippen LogP contribution in [0.2, 0.25) is 0 Å². The second-order valence-corrected chi connectivity index (χ2v) is 8.25. The molecule has 1 aromatic heterocycles. The molecule has 2 aliphatic heterocycles. The summed E-state index contributed by atoms with van der Waals surface area (Å²) in [4.78, 5) is 32.9. The summed E-state index contributed by atoms with van der Waals surface area (Å²) in [5, 5.41) is 3.35. The minimum Gasteiger partial charge on any atom is -0.486 e. The van der Waals surface area contributed by atoms with Crippen molar-refractivity contribution in [1.29, 1.82) is 0 Å². The van der Waals surface area contributed by atoms with Crippen LogP contribution in [0.1, 0.15) is 5.56 Å². The molecule has 0 bridgehead atoms. The number of thiazole rings is 1. The minimum absolute atomic E-state index is 0.0190. The molecular weight excluding hydrogens is 404 g/mol. The van der Waals surface area contributed by atoms with E-state index in [-0.39, 0.29) is 18.5 Å². The van der Waals surface area contributed by atoms with Crippen molar-refractivity contribution in [2.45, 2.75) is 6.92 Å². The van der Waals surface area contributed by atoms with Crippen LogP contribution < -0.4 is 19.7 Å². The number of aromatic nitrogens is 1. The average molecular weight is 424 g/mol. The van der Waals surface area contributed by atoms with Crippen molar-refractivity contribution < 1.29 is 19.1 Å². The number of aryl methyl sites for hydroxylation is 1. The van der Waals surface area contributed by atoms with Crippen molar-refractivity contribution >= 4 is 44.3 Å². The van der Waals surface area contributed by atoms with Crippen LogP contribution in [-0.4, -0.2) is 54.7 Å². The summed E-state index contributed by atoms with van der Waals surface area (Å²) in [6.07, 6.45) is 0. The van der Waals surface area contributed by atoms with E-state index >= 15 is 0 Å². The lowest BCUT2D eigenvalue weighted by Gasteiger charge is -2.22. The predicted molar refractivity (Wildman–Crippen MR) is 115 cm³/mol. The maximum Gasteiger partial charge on any atom is 0.325 e. The van der Waals surface area contributed by atoms with Crippen molar-refractivity contribution in [3.8, 4) is 11.5 Å². The zero-order chi connectivity index (χ0) is 20.7. The lowest BCUT2D eigenvalue weighted by atomic mass is 10.2. The van der Waals surface area contributed by atoms with Crippen molar-refractivity contribution in [3.05, 3.63) is 42.0 Å². The first-order valence-corrected chi connectivity index (χ1v) is 10.5.